The van der Waals surface area contributed by atoms with E-state index in [1.54, 1.807) is 0 Å². The van der Waals surface area contributed by atoms with Crippen LogP contribution in [0.15, 0.2) is 0 Å². The predicted molar refractivity (Wildman–Crippen MR) is 66.7 cm³/mol. The van der Waals surface area contributed by atoms with E-state index in [2.05, 4.69) is 5.32 Å². The van der Waals surface area contributed by atoms with Crippen LogP contribution in [-0.2, 0) is 9.53 Å². The molecule has 2 amide bonds. The molecule has 106 valence electrons. The van der Waals surface area contributed by atoms with Crippen LogP contribution >= 0.6 is 0 Å². The minimum absolute atomic E-state index is 0.0324. The minimum Gasteiger partial charge on any atom is -0.481 e. The van der Waals surface area contributed by atoms with E-state index < -0.39 is 5.97 Å². The molecule has 0 bridgehead atoms. The summed E-state index contributed by atoms with van der Waals surface area (Å²) in [5.41, 5.74) is 0.283. The Morgan fingerprint density at radius 2 is 2.16 bits per heavy atom. The average Bonchev–Trinajstić information content (AvgIpc) is 2.85. The van der Waals surface area contributed by atoms with Gasteiger partial charge in [0.05, 0.1) is 25.7 Å². The van der Waals surface area contributed by atoms with Gasteiger partial charge in [0.15, 0.2) is 0 Å². The molecule has 0 radical (unpaired) electrons. The van der Waals surface area contributed by atoms with Gasteiger partial charge in [0.2, 0.25) is 0 Å². The maximum Gasteiger partial charge on any atom is 0.317 e. The van der Waals surface area contributed by atoms with E-state index in [-0.39, 0.29) is 30.5 Å². The smallest absolute Gasteiger partial charge is 0.317 e. The van der Waals surface area contributed by atoms with Gasteiger partial charge in [0.25, 0.3) is 0 Å². The zero-order valence-corrected chi connectivity index (χ0v) is 10.9. The van der Waals surface area contributed by atoms with Crippen molar-refractivity contribution in [3.63, 3.8) is 0 Å². The fraction of sp³-hybridized carbons (Fsp3) is 0.846. The Morgan fingerprint density at radius 3 is 2.79 bits per heavy atom. The van der Waals surface area contributed by atoms with Crippen LogP contribution < -0.4 is 5.32 Å². The summed E-state index contributed by atoms with van der Waals surface area (Å²) in [6.07, 6.45) is 3.60. The second-order valence-electron chi connectivity index (χ2n) is 5.93. The summed E-state index contributed by atoms with van der Waals surface area (Å²) in [6, 6.07) is 0.0515. The molecule has 2 heterocycles. The maximum absolute atomic E-state index is 12.2. The second-order valence-corrected chi connectivity index (χ2v) is 5.93. The Hall–Kier alpha value is -1.30. The predicted octanol–water partition coefficient (Wildman–Crippen LogP) is 0.672. The molecular formula is C13H20N2O4. The first-order chi connectivity index (χ1) is 9.12. The van der Waals surface area contributed by atoms with Crippen LogP contribution in [0.2, 0.25) is 0 Å². The van der Waals surface area contributed by atoms with Gasteiger partial charge in [-0.25, -0.2) is 4.79 Å². The fourth-order valence-corrected chi connectivity index (χ4v) is 3.77. The second kappa shape index (κ2) is 4.67. The number of hydrogen-bond acceptors (Lipinski definition) is 3. The lowest BCUT2D eigenvalue weighted by molar-refractivity contribution is -0.136. The van der Waals surface area contributed by atoms with Crippen LogP contribution in [0.1, 0.15) is 25.7 Å². The van der Waals surface area contributed by atoms with E-state index in [1.807, 2.05) is 4.90 Å². The van der Waals surface area contributed by atoms with Crippen molar-refractivity contribution in [2.75, 3.05) is 26.3 Å². The molecule has 3 fully saturated rings. The number of carboxylic acids is 1. The van der Waals surface area contributed by atoms with Gasteiger partial charge in [-0.1, -0.05) is 6.42 Å². The highest BCUT2D eigenvalue weighted by molar-refractivity contribution is 5.76. The van der Waals surface area contributed by atoms with Crippen LogP contribution in [0.25, 0.3) is 0 Å². The molecule has 0 aromatic carbocycles. The van der Waals surface area contributed by atoms with Gasteiger partial charge in [0.1, 0.15) is 0 Å². The number of nitrogens with zero attached hydrogens (tertiary/aromatic N) is 1. The summed E-state index contributed by atoms with van der Waals surface area (Å²) in [4.78, 5) is 24.5. The number of aliphatic carboxylic acids is 1. The monoisotopic (exact) mass is 268 g/mol. The number of amides is 2. The number of likely N-dealkylation sites (tertiary alicyclic amines) is 1. The Kier molecular flexibility index (Phi) is 3.12. The third kappa shape index (κ3) is 2.08. The Bertz CT molecular complexity index is 394. The molecular weight excluding hydrogens is 248 g/mol. The Balaban J connectivity index is 1.61. The number of urea groups is 1. The van der Waals surface area contributed by atoms with Crippen molar-refractivity contribution in [2.24, 2.45) is 11.3 Å². The number of ether oxygens (including phenoxy) is 1. The standard InChI is InChI=1S/C13H20N2O4/c16-11(17)2-5-14-12(18)15-8-13(3-1-4-13)9-6-19-7-10(9)15/h9-10H,1-8H2,(H,14,18)(H,16,17). The van der Waals surface area contributed by atoms with Gasteiger partial charge in [-0.2, -0.15) is 0 Å². The summed E-state index contributed by atoms with van der Waals surface area (Å²) in [7, 11) is 0. The first kappa shape index (κ1) is 12.7. The molecule has 2 atom stereocenters. The number of rotatable bonds is 3. The van der Waals surface area contributed by atoms with Gasteiger partial charge in [-0.3, -0.25) is 4.79 Å². The van der Waals surface area contributed by atoms with E-state index in [0.717, 1.165) is 13.2 Å². The summed E-state index contributed by atoms with van der Waals surface area (Å²) >= 11 is 0. The molecule has 1 aliphatic carbocycles. The molecule has 0 aromatic heterocycles. The topological polar surface area (TPSA) is 78.9 Å². The van der Waals surface area contributed by atoms with Crippen molar-refractivity contribution in [1.29, 1.82) is 0 Å². The largest absolute Gasteiger partial charge is 0.481 e. The van der Waals surface area contributed by atoms with Gasteiger partial charge in [-0.15, -0.1) is 0 Å². The SMILES string of the molecule is O=C(O)CCNC(=O)N1CC2(CCC2)C2COCC21. The number of nitrogens with one attached hydrogen (secondary N) is 1. The van der Waals surface area contributed by atoms with Crippen LogP contribution in [0.5, 0.6) is 0 Å². The van der Waals surface area contributed by atoms with E-state index in [1.165, 1.54) is 19.3 Å². The minimum atomic E-state index is -0.890. The van der Waals surface area contributed by atoms with E-state index in [4.69, 9.17) is 9.84 Å². The molecule has 2 N–H and O–H groups in total. The summed E-state index contributed by atoms with van der Waals surface area (Å²) in [5, 5.41) is 11.3. The zero-order chi connectivity index (χ0) is 13.5. The lowest BCUT2D eigenvalue weighted by Gasteiger charge is -2.41. The van der Waals surface area contributed by atoms with Crippen LogP contribution in [-0.4, -0.2) is 54.4 Å². The molecule has 2 aliphatic heterocycles. The molecule has 2 saturated heterocycles. The van der Waals surface area contributed by atoms with Crippen molar-refractivity contribution in [3.8, 4) is 0 Å². The van der Waals surface area contributed by atoms with Gasteiger partial charge in [-0.05, 0) is 18.3 Å². The highest BCUT2D eigenvalue weighted by Crippen LogP contribution is 2.55. The number of carboxylic acid groups (broad SMARTS) is 1. The van der Waals surface area contributed by atoms with E-state index >= 15 is 0 Å². The molecule has 6 nitrogen and oxygen atoms in total. The van der Waals surface area contributed by atoms with Crippen molar-refractivity contribution < 1.29 is 19.4 Å². The van der Waals surface area contributed by atoms with E-state index in [0.29, 0.717) is 12.5 Å². The van der Waals surface area contributed by atoms with E-state index in [9.17, 15) is 9.59 Å². The molecule has 0 aromatic rings. The average molecular weight is 268 g/mol. The van der Waals surface area contributed by atoms with Crippen molar-refractivity contribution in [2.45, 2.75) is 31.7 Å². The summed E-state index contributed by atoms with van der Waals surface area (Å²) < 4.78 is 5.55. The highest BCUT2D eigenvalue weighted by atomic mass is 16.5. The van der Waals surface area contributed by atoms with Crippen LogP contribution in [0.4, 0.5) is 4.79 Å². The number of carbonyl (C=O) groups excluding carboxylic acids is 1. The van der Waals surface area contributed by atoms with Gasteiger partial charge < -0.3 is 20.1 Å². The number of hydrogen-bond donors (Lipinski definition) is 2. The third-order valence-electron chi connectivity index (χ3n) is 4.95. The third-order valence-corrected chi connectivity index (χ3v) is 4.95. The molecule has 3 aliphatic rings. The summed E-state index contributed by atoms with van der Waals surface area (Å²) in [5.74, 6) is -0.411. The normalized spacial score (nSPS) is 31.1. The van der Waals surface area contributed by atoms with Crippen molar-refractivity contribution in [1.82, 2.24) is 10.2 Å². The lowest BCUT2D eigenvalue weighted by atomic mass is 9.62. The molecule has 1 spiro atoms. The van der Waals surface area contributed by atoms with Crippen molar-refractivity contribution in [3.05, 3.63) is 0 Å². The molecule has 3 rings (SSSR count). The first-order valence-electron chi connectivity index (χ1n) is 6.96. The molecule has 6 heteroatoms. The van der Waals surface area contributed by atoms with Crippen molar-refractivity contribution >= 4 is 12.0 Å². The first-order valence-corrected chi connectivity index (χ1v) is 6.96. The van der Waals surface area contributed by atoms with Gasteiger partial charge >= 0.3 is 12.0 Å². The molecule has 19 heavy (non-hydrogen) atoms. The Labute approximate surface area is 112 Å². The van der Waals surface area contributed by atoms with Crippen LogP contribution in [0.3, 0.4) is 0 Å². The summed E-state index contributed by atoms with van der Waals surface area (Å²) in [6.45, 7) is 2.39. The highest BCUT2D eigenvalue weighted by Gasteiger charge is 2.58. The number of fused-ring (bicyclic) bond motifs is 2. The quantitative estimate of drug-likeness (QED) is 0.788. The lowest BCUT2D eigenvalue weighted by Crippen LogP contribution is -2.45. The number of carbonyl (C=O) groups is 2. The fourth-order valence-electron chi connectivity index (χ4n) is 3.77. The zero-order valence-electron chi connectivity index (χ0n) is 10.9. The van der Waals surface area contributed by atoms with Gasteiger partial charge in [0, 0.05) is 19.0 Å². The molecule has 1 saturated carbocycles. The molecule has 2 unspecified atom stereocenters. The van der Waals surface area contributed by atoms with Crippen LogP contribution in [0, 0.1) is 11.3 Å². The Morgan fingerprint density at radius 1 is 1.37 bits per heavy atom. The maximum atomic E-state index is 12.2.